The number of nitrogens with one attached hydrogen (secondary N) is 1. The topological polar surface area (TPSA) is 81.4 Å². The first-order valence-electron chi connectivity index (χ1n) is 8.94. The Morgan fingerprint density at radius 1 is 1.07 bits per heavy atom. The number of hydrogen-bond donors (Lipinski definition) is 1. The van der Waals surface area contributed by atoms with E-state index in [-0.39, 0.29) is 12.6 Å². The van der Waals surface area contributed by atoms with Gasteiger partial charge in [-0.05, 0) is 30.7 Å². The van der Waals surface area contributed by atoms with Crippen molar-refractivity contribution < 1.29 is 9.53 Å². The summed E-state index contributed by atoms with van der Waals surface area (Å²) in [7, 11) is 0. The highest BCUT2D eigenvalue weighted by Crippen LogP contribution is 2.27. The zero-order chi connectivity index (χ0) is 19.3. The molecule has 0 saturated heterocycles. The maximum absolute atomic E-state index is 12.3. The van der Waals surface area contributed by atoms with Crippen LogP contribution in [0.4, 0.5) is 4.79 Å². The summed E-state index contributed by atoms with van der Waals surface area (Å²) in [6.45, 7) is 2.07. The van der Waals surface area contributed by atoms with Gasteiger partial charge < -0.3 is 10.1 Å². The second-order valence-electron chi connectivity index (χ2n) is 6.28. The van der Waals surface area contributed by atoms with Gasteiger partial charge in [0.1, 0.15) is 6.61 Å². The molecule has 0 bridgehead atoms. The minimum Gasteiger partial charge on any atom is -0.445 e. The van der Waals surface area contributed by atoms with Crippen LogP contribution in [0.1, 0.15) is 24.2 Å². The number of hydrogen-bond acceptors (Lipinski definition) is 5. The summed E-state index contributed by atoms with van der Waals surface area (Å²) >= 11 is 0. The summed E-state index contributed by atoms with van der Waals surface area (Å²) in [5, 5.41) is 2.84. The van der Waals surface area contributed by atoms with Gasteiger partial charge in [-0.1, -0.05) is 36.4 Å². The maximum atomic E-state index is 12.3. The van der Waals surface area contributed by atoms with Crippen molar-refractivity contribution in [2.24, 2.45) is 0 Å². The van der Waals surface area contributed by atoms with Crippen molar-refractivity contribution in [3.05, 3.63) is 84.4 Å². The number of amides is 1. The zero-order valence-corrected chi connectivity index (χ0v) is 15.3. The van der Waals surface area contributed by atoms with Gasteiger partial charge in [-0.2, -0.15) is 0 Å². The predicted octanol–water partition coefficient (Wildman–Crippen LogP) is 3.78. The van der Waals surface area contributed by atoms with Crippen LogP contribution in [0.2, 0.25) is 0 Å². The Morgan fingerprint density at radius 3 is 2.64 bits per heavy atom. The van der Waals surface area contributed by atoms with E-state index < -0.39 is 6.09 Å². The number of rotatable bonds is 5. The normalized spacial score (nSPS) is 11.9. The van der Waals surface area contributed by atoms with E-state index in [0.717, 1.165) is 17.0 Å². The lowest BCUT2D eigenvalue weighted by molar-refractivity contribution is 0.136. The maximum Gasteiger partial charge on any atom is 0.407 e. The molecule has 1 amide bonds. The lowest BCUT2D eigenvalue weighted by Gasteiger charge is -2.14. The van der Waals surface area contributed by atoms with Crippen LogP contribution in [0.3, 0.4) is 0 Å². The summed E-state index contributed by atoms with van der Waals surface area (Å²) in [5.41, 5.74) is 3.15. The van der Waals surface area contributed by atoms with E-state index in [4.69, 9.17) is 4.74 Å². The van der Waals surface area contributed by atoms with Crippen molar-refractivity contribution in [1.29, 1.82) is 0 Å². The predicted molar refractivity (Wildman–Crippen MR) is 104 cm³/mol. The van der Waals surface area contributed by atoms with Crippen LogP contribution in [-0.2, 0) is 11.3 Å². The summed E-state index contributed by atoms with van der Waals surface area (Å²) in [4.78, 5) is 25.6. The molecule has 0 saturated carbocycles. The number of imidazole rings is 1. The summed E-state index contributed by atoms with van der Waals surface area (Å²) in [5.74, 6) is 0.546. The minimum atomic E-state index is -0.506. The molecule has 1 aromatic carbocycles. The van der Waals surface area contributed by atoms with E-state index in [1.807, 2.05) is 72.1 Å². The second kappa shape index (κ2) is 7.87. The minimum absolute atomic E-state index is 0.208. The van der Waals surface area contributed by atoms with E-state index in [1.54, 1.807) is 12.4 Å². The molecule has 4 aromatic rings. The van der Waals surface area contributed by atoms with E-state index in [9.17, 15) is 4.79 Å². The highest BCUT2D eigenvalue weighted by Gasteiger charge is 2.22. The molecule has 0 fully saturated rings. The number of fused-ring (bicyclic) bond motifs is 1. The number of alkyl carbamates (subject to hydrolysis) is 1. The second-order valence-corrected chi connectivity index (χ2v) is 6.28. The Bertz CT molecular complexity index is 1080. The Kier molecular flexibility index (Phi) is 4.97. The Hall–Kier alpha value is -3.74. The van der Waals surface area contributed by atoms with Gasteiger partial charge in [0, 0.05) is 18.6 Å². The molecule has 0 spiro atoms. The molecule has 0 radical (unpaired) electrons. The zero-order valence-electron chi connectivity index (χ0n) is 15.3. The summed E-state index contributed by atoms with van der Waals surface area (Å²) < 4.78 is 7.19. The third-order valence-corrected chi connectivity index (χ3v) is 4.30. The summed E-state index contributed by atoms with van der Waals surface area (Å²) in [6.07, 6.45) is 4.78. The van der Waals surface area contributed by atoms with Gasteiger partial charge in [-0.3, -0.25) is 9.38 Å². The first-order valence-corrected chi connectivity index (χ1v) is 8.94. The molecule has 1 atom stereocenters. The Labute approximate surface area is 162 Å². The molecule has 0 aliphatic rings. The van der Waals surface area contributed by atoms with Crippen LogP contribution >= 0.6 is 0 Å². The monoisotopic (exact) mass is 373 g/mol. The fraction of sp³-hybridized carbons (Fsp3) is 0.143. The quantitative estimate of drug-likeness (QED) is 0.576. The van der Waals surface area contributed by atoms with E-state index >= 15 is 0 Å². The number of carbonyl (C=O) groups excluding carboxylic acids is 1. The molecule has 0 aliphatic heterocycles. The van der Waals surface area contributed by atoms with Gasteiger partial charge >= 0.3 is 6.09 Å². The first kappa shape index (κ1) is 17.7. The van der Waals surface area contributed by atoms with Crippen molar-refractivity contribution in [2.75, 3.05) is 0 Å². The number of ether oxygens (including phenoxy) is 1. The molecule has 0 aliphatic carbocycles. The highest BCUT2D eigenvalue weighted by atomic mass is 16.5. The van der Waals surface area contributed by atoms with Gasteiger partial charge in [-0.15, -0.1) is 0 Å². The average Bonchev–Trinajstić information content (AvgIpc) is 3.13. The number of nitrogens with zero attached hydrogens (tertiary/aromatic N) is 4. The molecule has 3 aromatic heterocycles. The number of pyridine rings is 1. The smallest absolute Gasteiger partial charge is 0.407 e. The number of benzene rings is 1. The molecule has 7 nitrogen and oxygen atoms in total. The molecular weight excluding hydrogens is 354 g/mol. The van der Waals surface area contributed by atoms with E-state index in [0.29, 0.717) is 11.5 Å². The van der Waals surface area contributed by atoms with Crippen LogP contribution < -0.4 is 5.32 Å². The fourth-order valence-electron chi connectivity index (χ4n) is 2.97. The van der Waals surface area contributed by atoms with Gasteiger partial charge in [-0.25, -0.2) is 14.8 Å². The molecule has 4 rings (SSSR count). The van der Waals surface area contributed by atoms with Gasteiger partial charge in [0.05, 0.1) is 23.1 Å². The van der Waals surface area contributed by atoms with Crippen LogP contribution in [0.15, 0.2) is 73.2 Å². The van der Waals surface area contributed by atoms with Crippen LogP contribution in [0.5, 0.6) is 0 Å². The van der Waals surface area contributed by atoms with Crippen molar-refractivity contribution in [3.8, 4) is 11.4 Å². The van der Waals surface area contributed by atoms with Gasteiger partial charge in [0.15, 0.2) is 0 Å². The number of carbonyl (C=O) groups is 1. The molecule has 1 N–H and O–H groups in total. The lowest BCUT2D eigenvalue weighted by Crippen LogP contribution is -2.28. The summed E-state index contributed by atoms with van der Waals surface area (Å²) in [6, 6.07) is 16.7. The van der Waals surface area contributed by atoms with Crippen molar-refractivity contribution in [2.45, 2.75) is 19.6 Å². The SMILES string of the molecule is C[C@H](NC(=O)OCc1ccccc1)c1nc2ncccn2c1-c1ccccn1. The van der Waals surface area contributed by atoms with E-state index in [1.165, 1.54) is 0 Å². The van der Waals surface area contributed by atoms with Crippen LogP contribution in [-0.4, -0.2) is 25.4 Å². The molecule has 7 heteroatoms. The lowest BCUT2D eigenvalue weighted by atomic mass is 10.1. The van der Waals surface area contributed by atoms with E-state index in [2.05, 4.69) is 20.3 Å². The van der Waals surface area contributed by atoms with Crippen molar-refractivity contribution in [3.63, 3.8) is 0 Å². The number of aromatic nitrogens is 4. The average molecular weight is 373 g/mol. The molecule has 0 unspecified atom stereocenters. The standard InChI is InChI=1S/C21H19N5O2/c1-15(24-21(27)28-14-16-8-3-2-4-9-16)18-19(17-10-5-6-11-22-17)26-13-7-12-23-20(26)25-18/h2-13,15H,14H2,1H3,(H,24,27)/t15-/m0/s1. The van der Waals surface area contributed by atoms with Crippen molar-refractivity contribution >= 4 is 11.9 Å². The largest absolute Gasteiger partial charge is 0.445 e. The molecule has 3 heterocycles. The fourth-order valence-corrected chi connectivity index (χ4v) is 2.97. The molecular formula is C21H19N5O2. The first-order chi connectivity index (χ1) is 13.7. The van der Waals surface area contributed by atoms with Crippen molar-refractivity contribution in [1.82, 2.24) is 24.7 Å². The molecule has 28 heavy (non-hydrogen) atoms. The van der Waals surface area contributed by atoms with Crippen LogP contribution in [0.25, 0.3) is 17.2 Å². The van der Waals surface area contributed by atoms with Gasteiger partial charge in [0.2, 0.25) is 5.78 Å². The Morgan fingerprint density at radius 2 is 1.86 bits per heavy atom. The third-order valence-electron chi connectivity index (χ3n) is 4.30. The highest BCUT2D eigenvalue weighted by molar-refractivity contribution is 5.69. The Balaban J connectivity index is 1.57. The van der Waals surface area contributed by atoms with Gasteiger partial charge in [0.25, 0.3) is 0 Å². The third kappa shape index (κ3) is 3.68. The molecule has 140 valence electrons. The van der Waals surface area contributed by atoms with Crippen LogP contribution in [0, 0.1) is 0 Å².